The van der Waals surface area contributed by atoms with Crippen molar-refractivity contribution < 1.29 is 18.3 Å². The van der Waals surface area contributed by atoms with Crippen LogP contribution >= 0.6 is 0 Å². The standard InChI is InChI=1S/C12H18N2O4S/c1-9(8-14(2)3)13-19(17,18)11-6-4-5-10(7-11)12(15)16/h4-7,9,13H,8H2,1-3H3,(H,15,16). The molecule has 0 spiro atoms. The van der Waals surface area contributed by atoms with Crippen molar-refractivity contribution in [2.45, 2.75) is 17.9 Å². The fourth-order valence-electron chi connectivity index (χ4n) is 1.71. The van der Waals surface area contributed by atoms with Crippen LogP contribution in [0, 0.1) is 0 Å². The minimum Gasteiger partial charge on any atom is -0.478 e. The fourth-order valence-corrected chi connectivity index (χ4v) is 2.99. The SMILES string of the molecule is CC(CN(C)C)NS(=O)(=O)c1cccc(C(=O)O)c1. The lowest BCUT2D eigenvalue weighted by atomic mass is 10.2. The molecule has 7 heteroatoms. The van der Waals surface area contributed by atoms with Crippen molar-refractivity contribution in [1.29, 1.82) is 0 Å². The molecule has 0 aromatic heterocycles. The number of sulfonamides is 1. The van der Waals surface area contributed by atoms with Crippen molar-refractivity contribution in [3.63, 3.8) is 0 Å². The highest BCUT2D eigenvalue weighted by Gasteiger charge is 2.18. The van der Waals surface area contributed by atoms with E-state index in [0.29, 0.717) is 6.54 Å². The average Bonchev–Trinajstić information content (AvgIpc) is 2.27. The van der Waals surface area contributed by atoms with Gasteiger partial charge in [0.2, 0.25) is 10.0 Å². The lowest BCUT2D eigenvalue weighted by Gasteiger charge is -2.18. The third-order valence-corrected chi connectivity index (χ3v) is 3.97. The summed E-state index contributed by atoms with van der Waals surface area (Å²) in [5.41, 5.74) is -0.0527. The molecule has 6 nitrogen and oxygen atoms in total. The van der Waals surface area contributed by atoms with Gasteiger partial charge in [0.05, 0.1) is 10.5 Å². The second-order valence-corrected chi connectivity index (χ2v) is 6.33. The van der Waals surface area contributed by atoms with E-state index in [2.05, 4.69) is 4.72 Å². The van der Waals surface area contributed by atoms with Crippen LogP contribution in [0.4, 0.5) is 0 Å². The zero-order valence-corrected chi connectivity index (χ0v) is 11.9. The predicted molar refractivity (Wildman–Crippen MR) is 71.7 cm³/mol. The molecule has 2 N–H and O–H groups in total. The minimum absolute atomic E-state index is 0.0435. The number of nitrogens with one attached hydrogen (secondary N) is 1. The molecule has 1 aromatic carbocycles. The minimum atomic E-state index is -3.70. The summed E-state index contributed by atoms with van der Waals surface area (Å²) in [6.45, 7) is 2.30. The normalized spacial score (nSPS) is 13.5. The summed E-state index contributed by atoms with van der Waals surface area (Å²) < 4.78 is 26.7. The number of rotatable bonds is 6. The average molecular weight is 286 g/mol. The quantitative estimate of drug-likeness (QED) is 0.800. The van der Waals surface area contributed by atoms with Crippen LogP contribution in [-0.2, 0) is 10.0 Å². The van der Waals surface area contributed by atoms with Gasteiger partial charge in [-0.3, -0.25) is 0 Å². The molecule has 1 atom stereocenters. The molecular weight excluding hydrogens is 268 g/mol. The molecule has 0 saturated heterocycles. The van der Waals surface area contributed by atoms with E-state index in [4.69, 9.17) is 5.11 Å². The number of carbonyl (C=O) groups is 1. The maximum atomic E-state index is 12.1. The maximum Gasteiger partial charge on any atom is 0.335 e. The first-order chi connectivity index (χ1) is 8.72. The van der Waals surface area contributed by atoms with E-state index < -0.39 is 16.0 Å². The van der Waals surface area contributed by atoms with Crippen LogP contribution in [-0.4, -0.2) is 51.1 Å². The lowest BCUT2D eigenvalue weighted by molar-refractivity contribution is 0.0696. The van der Waals surface area contributed by atoms with Gasteiger partial charge in [-0.15, -0.1) is 0 Å². The molecule has 1 aromatic rings. The first-order valence-electron chi connectivity index (χ1n) is 5.73. The van der Waals surface area contributed by atoms with Crippen LogP contribution in [0.25, 0.3) is 0 Å². The fraction of sp³-hybridized carbons (Fsp3) is 0.417. The van der Waals surface area contributed by atoms with Crippen LogP contribution in [0.15, 0.2) is 29.2 Å². The molecule has 0 aliphatic carbocycles. The lowest BCUT2D eigenvalue weighted by Crippen LogP contribution is -2.39. The Balaban J connectivity index is 2.94. The molecule has 19 heavy (non-hydrogen) atoms. The van der Waals surface area contributed by atoms with Crippen LogP contribution < -0.4 is 4.72 Å². The molecule has 106 valence electrons. The van der Waals surface area contributed by atoms with E-state index in [1.165, 1.54) is 18.2 Å². The second kappa shape index (κ2) is 6.14. The van der Waals surface area contributed by atoms with E-state index in [0.717, 1.165) is 6.07 Å². The van der Waals surface area contributed by atoms with Crippen molar-refractivity contribution in [1.82, 2.24) is 9.62 Å². The van der Waals surface area contributed by atoms with Gasteiger partial charge in [-0.2, -0.15) is 0 Å². The highest BCUT2D eigenvalue weighted by molar-refractivity contribution is 7.89. The van der Waals surface area contributed by atoms with E-state index >= 15 is 0 Å². The van der Waals surface area contributed by atoms with Gasteiger partial charge in [0, 0.05) is 12.6 Å². The molecule has 0 heterocycles. The van der Waals surface area contributed by atoms with Crippen molar-refractivity contribution in [3.8, 4) is 0 Å². The van der Waals surface area contributed by atoms with Crippen molar-refractivity contribution in [2.75, 3.05) is 20.6 Å². The molecular formula is C12H18N2O4S. The van der Waals surface area contributed by atoms with E-state index in [1.807, 2.05) is 19.0 Å². The van der Waals surface area contributed by atoms with Crippen LogP contribution in [0.3, 0.4) is 0 Å². The molecule has 0 aliphatic heterocycles. The molecule has 1 rings (SSSR count). The summed E-state index contributed by atoms with van der Waals surface area (Å²) in [4.78, 5) is 12.6. The summed E-state index contributed by atoms with van der Waals surface area (Å²) in [5, 5.41) is 8.85. The Kier molecular flexibility index (Phi) is 5.04. The number of hydrogen-bond donors (Lipinski definition) is 2. The molecule has 0 amide bonds. The highest BCUT2D eigenvalue weighted by atomic mass is 32.2. The Morgan fingerprint density at radius 3 is 2.58 bits per heavy atom. The Morgan fingerprint density at radius 1 is 1.42 bits per heavy atom. The molecule has 0 radical (unpaired) electrons. The number of likely N-dealkylation sites (N-methyl/N-ethyl adjacent to an activating group) is 1. The number of aromatic carboxylic acids is 1. The van der Waals surface area contributed by atoms with Gasteiger partial charge < -0.3 is 10.0 Å². The van der Waals surface area contributed by atoms with Gasteiger partial charge >= 0.3 is 5.97 Å². The number of carboxylic acid groups (broad SMARTS) is 1. The molecule has 0 bridgehead atoms. The third kappa shape index (κ3) is 4.62. The largest absolute Gasteiger partial charge is 0.478 e. The Hall–Kier alpha value is -1.44. The third-order valence-electron chi connectivity index (χ3n) is 2.39. The monoisotopic (exact) mass is 286 g/mol. The Labute approximate surface area is 113 Å². The van der Waals surface area contributed by atoms with Crippen LogP contribution in [0.1, 0.15) is 17.3 Å². The van der Waals surface area contributed by atoms with E-state index in [-0.39, 0.29) is 16.5 Å². The smallest absolute Gasteiger partial charge is 0.335 e. The van der Waals surface area contributed by atoms with E-state index in [1.54, 1.807) is 6.92 Å². The first-order valence-corrected chi connectivity index (χ1v) is 7.21. The van der Waals surface area contributed by atoms with Crippen LogP contribution in [0.5, 0.6) is 0 Å². The second-order valence-electron chi connectivity index (χ2n) is 4.62. The molecule has 0 fully saturated rings. The first kappa shape index (κ1) is 15.6. The summed E-state index contributed by atoms with van der Waals surface area (Å²) in [6.07, 6.45) is 0. The number of benzene rings is 1. The van der Waals surface area contributed by atoms with Gasteiger partial charge in [0.25, 0.3) is 0 Å². The number of hydrogen-bond acceptors (Lipinski definition) is 4. The summed E-state index contributed by atoms with van der Waals surface area (Å²) in [7, 11) is -0.0149. The zero-order chi connectivity index (χ0) is 14.6. The predicted octanol–water partition coefficient (Wildman–Crippen LogP) is 0.613. The van der Waals surface area contributed by atoms with Crippen molar-refractivity contribution in [2.24, 2.45) is 0 Å². The van der Waals surface area contributed by atoms with Crippen molar-refractivity contribution >= 4 is 16.0 Å². The Bertz CT molecular complexity index is 555. The van der Waals surface area contributed by atoms with Gasteiger partial charge in [-0.1, -0.05) is 6.07 Å². The van der Waals surface area contributed by atoms with Gasteiger partial charge in [0.15, 0.2) is 0 Å². The molecule has 0 aliphatic rings. The summed E-state index contributed by atoms with van der Waals surface area (Å²) >= 11 is 0. The molecule has 0 saturated carbocycles. The summed E-state index contributed by atoms with van der Waals surface area (Å²) in [5.74, 6) is -1.15. The summed E-state index contributed by atoms with van der Waals surface area (Å²) in [6, 6.07) is 5.01. The van der Waals surface area contributed by atoms with Gasteiger partial charge in [-0.05, 0) is 39.2 Å². The van der Waals surface area contributed by atoms with Crippen LogP contribution in [0.2, 0.25) is 0 Å². The number of carboxylic acids is 1. The maximum absolute atomic E-state index is 12.1. The zero-order valence-electron chi connectivity index (χ0n) is 11.1. The molecule has 1 unspecified atom stereocenters. The number of nitrogens with zero attached hydrogens (tertiary/aromatic N) is 1. The Morgan fingerprint density at radius 2 is 2.05 bits per heavy atom. The van der Waals surface area contributed by atoms with Gasteiger partial charge in [-0.25, -0.2) is 17.9 Å². The van der Waals surface area contributed by atoms with Gasteiger partial charge in [0.1, 0.15) is 0 Å². The topological polar surface area (TPSA) is 86.7 Å². The van der Waals surface area contributed by atoms with Crippen molar-refractivity contribution in [3.05, 3.63) is 29.8 Å². The van der Waals surface area contributed by atoms with E-state index in [9.17, 15) is 13.2 Å². The highest BCUT2D eigenvalue weighted by Crippen LogP contribution is 2.12.